The Morgan fingerprint density at radius 1 is 1.46 bits per heavy atom. The van der Waals surface area contributed by atoms with E-state index in [4.69, 9.17) is 4.74 Å². The van der Waals surface area contributed by atoms with Crippen LogP contribution in [0.15, 0.2) is 0 Å². The molecule has 2 saturated carbocycles. The number of fused-ring (bicyclic) bond motifs is 1. The maximum absolute atomic E-state index is 11.7. The van der Waals surface area contributed by atoms with E-state index in [0.717, 1.165) is 32.1 Å². The van der Waals surface area contributed by atoms with E-state index in [1.807, 2.05) is 0 Å². The second-order valence-corrected chi connectivity index (χ2v) is 4.65. The van der Waals surface area contributed by atoms with Gasteiger partial charge >= 0.3 is 0 Å². The number of carbonyl (C=O) groups excluding carboxylic acids is 1. The minimum absolute atomic E-state index is 0.0427. The number of ketones is 1. The number of Topliss-reactive ketones (excluding diaryl/α,β-unsaturated/α-hetero) is 1. The first-order chi connectivity index (χ1) is 6.18. The van der Waals surface area contributed by atoms with Crippen molar-refractivity contribution in [1.82, 2.24) is 0 Å². The van der Waals surface area contributed by atoms with Gasteiger partial charge < -0.3 is 4.74 Å². The number of ether oxygens (including phenoxy) is 1. The largest absolute Gasteiger partial charge is 0.381 e. The quantitative estimate of drug-likeness (QED) is 0.621. The lowest BCUT2D eigenvalue weighted by molar-refractivity contribution is -0.131. The first-order valence-electron chi connectivity index (χ1n) is 5.24. The third-order valence-corrected chi connectivity index (χ3v) is 4.07. The van der Waals surface area contributed by atoms with Gasteiger partial charge in [0.25, 0.3) is 0 Å². The van der Waals surface area contributed by atoms with Crippen LogP contribution < -0.4 is 0 Å². The van der Waals surface area contributed by atoms with Crippen molar-refractivity contribution in [3.05, 3.63) is 0 Å². The molecule has 0 aromatic rings. The number of hydrogen-bond donors (Lipinski definition) is 0. The molecular formula is C11H18O2. The number of carbonyl (C=O) groups is 1. The molecule has 2 heteroatoms. The number of hydrogen-bond acceptors (Lipinski definition) is 2. The van der Waals surface area contributed by atoms with Crippen LogP contribution in [0.2, 0.25) is 0 Å². The Morgan fingerprint density at radius 3 is 2.92 bits per heavy atom. The highest BCUT2D eigenvalue weighted by Crippen LogP contribution is 2.50. The summed E-state index contributed by atoms with van der Waals surface area (Å²) < 4.78 is 5.47. The maximum atomic E-state index is 11.7. The van der Waals surface area contributed by atoms with Gasteiger partial charge in [0.1, 0.15) is 5.78 Å². The molecule has 2 aliphatic rings. The molecule has 0 radical (unpaired) electrons. The summed E-state index contributed by atoms with van der Waals surface area (Å²) >= 11 is 0. The minimum atomic E-state index is -0.0427. The summed E-state index contributed by atoms with van der Waals surface area (Å²) in [4.78, 5) is 11.7. The van der Waals surface area contributed by atoms with Crippen LogP contribution in [-0.4, -0.2) is 19.0 Å². The molecule has 0 unspecified atom stereocenters. The molecule has 13 heavy (non-hydrogen) atoms. The van der Waals surface area contributed by atoms with Crippen LogP contribution in [0.5, 0.6) is 0 Å². The number of rotatable bonds is 1. The fourth-order valence-electron chi connectivity index (χ4n) is 3.17. The molecule has 2 nitrogen and oxygen atoms in total. The Kier molecular flexibility index (Phi) is 2.18. The van der Waals surface area contributed by atoms with Gasteiger partial charge in [-0.25, -0.2) is 0 Å². The summed E-state index contributed by atoms with van der Waals surface area (Å²) in [6.07, 6.45) is 5.54. The van der Waals surface area contributed by atoms with Crippen LogP contribution in [-0.2, 0) is 9.53 Å². The Bertz CT molecular complexity index is 224. The van der Waals surface area contributed by atoms with Crippen LogP contribution in [0, 0.1) is 11.3 Å². The molecule has 3 atom stereocenters. The predicted molar refractivity (Wildman–Crippen MR) is 50.5 cm³/mol. The lowest BCUT2D eigenvalue weighted by atomic mass is 9.68. The normalized spacial score (nSPS) is 44.9. The summed E-state index contributed by atoms with van der Waals surface area (Å²) in [6, 6.07) is 0. The highest BCUT2D eigenvalue weighted by Gasteiger charge is 2.50. The summed E-state index contributed by atoms with van der Waals surface area (Å²) in [5, 5.41) is 0. The Morgan fingerprint density at radius 2 is 2.23 bits per heavy atom. The number of methoxy groups -OCH3 is 1. The van der Waals surface area contributed by atoms with Gasteiger partial charge in [-0.15, -0.1) is 0 Å². The second kappa shape index (κ2) is 3.09. The molecule has 0 aromatic heterocycles. The molecule has 0 heterocycles. The van der Waals surface area contributed by atoms with Gasteiger partial charge in [-0.3, -0.25) is 4.79 Å². The predicted octanol–water partition coefficient (Wildman–Crippen LogP) is 2.17. The van der Waals surface area contributed by atoms with Crippen molar-refractivity contribution in [2.75, 3.05) is 7.11 Å². The molecule has 0 aliphatic heterocycles. The van der Waals surface area contributed by atoms with Crippen LogP contribution >= 0.6 is 0 Å². The molecule has 74 valence electrons. The zero-order valence-electron chi connectivity index (χ0n) is 8.51. The van der Waals surface area contributed by atoms with E-state index in [9.17, 15) is 4.79 Å². The summed E-state index contributed by atoms with van der Waals surface area (Å²) in [5.74, 6) is 0.970. The van der Waals surface area contributed by atoms with Gasteiger partial charge in [-0.1, -0.05) is 6.92 Å². The minimum Gasteiger partial charge on any atom is -0.381 e. The molecule has 2 aliphatic carbocycles. The van der Waals surface area contributed by atoms with Gasteiger partial charge in [-0.2, -0.15) is 0 Å². The lowest BCUT2D eigenvalue weighted by Crippen LogP contribution is -2.40. The van der Waals surface area contributed by atoms with Crippen molar-refractivity contribution in [2.45, 2.75) is 45.1 Å². The zero-order chi connectivity index (χ0) is 9.47. The van der Waals surface area contributed by atoms with E-state index < -0.39 is 0 Å². The fourth-order valence-corrected chi connectivity index (χ4v) is 3.17. The van der Waals surface area contributed by atoms with Gasteiger partial charge in [0, 0.05) is 18.9 Å². The van der Waals surface area contributed by atoms with Crippen molar-refractivity contribution in [1.29, 1.82) is 0 Å². The van der Waals surface area contributed by atoms with E-state index in [1.54, 1.807) is 7.11 Å². The van der Waals surface area contributed by atoms with Gasteiger partial charge in [-0.05, 0) is 31.6 Å². The van der Waals surface area contributed by atoms with Crippen molar-refractivity contribution in [3.8, 4) is 0 Å². The summed E-state index contributed by atoms with van der Waals surface area (Å²) in [7, 11) is 1.78. The van der Waals surface area contributed by atoms with Crippen molar-refractivity contribution in [2.24, 2.45) is 11.3 Å². The van der Waals surface area contributed by atoms with E-state index in [-0.39, 0.29) is 5.41 Å². The average molecular weight is 182 g/mol. The van der Waals surface area contributed by atoms with Crippen molar-refractivity contribution >= 4 is 5.78 Å². The molecule has 0 spiro atoms. The Balaban J connectivity index is 2.22. The smallest absolute Gasteiger partial charge is 0.139 e. The second-order valence-electron chi connectivity index (χ2n) is 4.65. The highest BCUT2D eigenvalue weighted by atomic mass is 16.5. The Hall–Kier alpha value is -0.370. The zero-order valence-corrected chi connectivity index (χ0v) is 8.51. The van der Waals surface area contributed by atoms with Crippen molar-refractivity contribution in [3.63, 3.8) is 0 Å². The standard InChI is InChI=1S/C11H18O2/c1-11-7-3-4-9(13-2)8(11)5-6-10(11)12/h8-9H,3-7H2,1-2H3/t8-,9-,11-/m0/s1. The first kappa shape index (κ1) is 9.20. The van der Waals surface area contributed by atoms with E-state index in [2.05, 4.69) is 6.92 Å². The Labute approximate surface area is 79.7 Å². The van der Waals surface area contributed by atoms with E-state index in [0.29, 0.717) is 17.8 Å². The molecule has 2 rings (SSSR count). The van der Waals surface area contributed by atoms with Crippen molar-refractivity contribution < 1.29 is 9.53 Å². The van der Waals surface area contributed by atoms with Crippen LogP contribution in [0.25, 0.3) is 0 Å². The van der Waals surface area contributed by atoms with E-state index >= 15 is 0 Å². The molecule has 0 bridgehead atoms. The molecule has 0 N–H and O–H groups in total. The fraction of sp³-hybridized carbons (Fsp3) is 0.909. The molecular weight excluding hydrogens is 164 g/mol. The lowest BCUT2D eigenvalue weighted by Gasteiger charge is -2.39. The average Bonchev–Trinajstić information content (AvgIpc) is 2.43. The van der Waals surface area contributed by atoms with Crippen LogP contribution in [0.3, 0.4) is 0 Å². The molecule has 0 amide bonds. The maximum Gasteiger partial charge on any atom is 0.139 e. The summed E-state index contributed by atoms with van der Waals surface area (Å²) in [6.45, 7) is 2.14. The SMILES string of the molecule is CO[C@H]1CCC[C@]2(C)C(=O)CC[C@@H]12. The monoisotopic (exact) mass is 182 g/mol. The van der Waals surface area contributed by atoms with E-state index in [1.165, 1.54) is 0 Å². The molecule has 0 saturated heterocycles. The molecule has 2 fully saturated rings. The van der Waals surface area contributed by atoms with Gasteiger partial charge in [0.05, 0.1) is 6.10 Å². The first-order valence-corrected chi connectivity index (χ1v) is 5.24. The topological polar surface area (TPSA) is 26.3 Å². The third-order valence-electron chi connectivity index (χ3n) is 4.07. The van der Waals surface area contributed by atoms with Gasteiger partial charge in [0.15, 0.2) is 0 Å². The highest BCUT2D eigenvalue weighted by molar-refractivity contribution is 5.87. The third kappa shape index (κ3) is 1.23. The summed E-state index contributed by atoms with van der Waals surface area (Å²) in [5.41, 5.74) is -0.0427. The van der Waals surface area contributed by atoms with Crippen LogP contribution in [0.1, 0.15) is 39.0 Å². The van der Waals surface area contributed by atoms with Crippen LogP contribution in [0.4, 0.5) is 0 Å². The molecule has 0 aromatic carbocycles. The van der Waals surface area contributed by atoms with Gasteiger partial charge in [0.2, 0.25) is 0 Å².